The van der Waals surface area contributed by atoms with Crippen molar-refractivity contribution in [3.8, 4) is 22.4 Å². The van der Waals surface area contributed by atoms with Gasteiger partial charge in [0.2, 0.25) is 0 Å². The second kappa shape index (κ2) is 10.7. The van der Waals surface area contributed by atoms with Crippen molar-refractivity contribution in [2.45, 2.75) is 12.6 Å². The maximum absolute atomic E-state index is 13.3. The van der Waals surface area contributed by atoms with E-state index in [4.69, 9.17) is 5.73 Å². The van der Waals surface area contributed by atoms with E-state index in [0.717, 1.165) is 17.7 Å². The highest BCUT2D eigenvalue weighted by Crippen LogP contribution is 2.35. The number of aromatic nitrogens is 4. The van der Waals surface area contributed by atoms with Crippen molar-refractivity contribution in [1.82, 2.24) is 20.4 Å². The van der Waals surface area contributed by atoms with Crippen LogP contribution in [-0.4, -0.2) is 26.4 Å². The van der Waals surface area contributed by atoms with Crippen LogP contribution in [0.4, 0.5) is 35.3 Å². The van der Waals surface area contributed by atoms with Gasteiger partial charge in [-0.1, -0.05) is 60.7 Å². The molecule has 0 aliphatic heterocycles. The Hall–Kier alpha value is -5.19. The zero-order valence-electron chi connectivity index (χ0n) is 20.3. The van der Waals surface area contributed by atoms with E-state index in [2.05, 4.69) is 31.0 Å². The van der Waals surface area contributed by atoms with Crippen LogP contribution < -0.4 is 16.4 Å². The zero-order valence-corrected chi connectivity index (χ0v) is 20.3. The summed E-state index contributed by atoms with van der Waals surface area (Å²) in [5.41, 5.74) is 9.15. The number of urea groups is 1. The highest BCUT2D eigenvalue weighted by atomic mass is 19.4. The summed E-state index contributed by atoms with van der Waals surface area (Å²) in [6.45, 7) is 0. The molecule has 2 heterocycles. The number of H-pyrrole nitrogens is 1. The number of benzene rings is 3. The minimum atomic E-state index is -4.50. The molecule has 0 unspecified atom stereocenters. The molecule has 0 saturated carbocycles. The van der Waals surface area contributed by atoms with Crippen LogP contribution in [0.25, 0.3) is 22.4 Å². The molecular formula is C28H22F3N7O. The maximum atomic E-state index is 13.3. The van der Waals surface area contributed by atoms with Crippen LogP contribution in [0.1, 0.15) is 16.8 Å². The molecule has 0 atom stereocenters. The number of halogens is 3. The number of hydrogen-bond donors (Lipinski definition) is 4. The highest BCUT2D eigenvalue weighted by Gasteiger charge is 2.31. The lowest BCUT2D eigenvalue weighted by molar-refractivity contribution is -0.137. The Bertz CT molecular complexity index is 1600. The molecule has 0 saturated heterocycles. The molecule has 39 heavy (non-hydrogen) atoms. The second-order valence-corrected chi connectivity index (χ2v) is 8.62. The Labute approximate surface area is 221 Å². The van der Waals surface area contributed by atoms with E-state index in [1.54, 1.807) is 42.5 Å². The van der Waals surface area contributed by atoms with E-state index in [1.807, 2.05) is 30.3 Å². The molecule has 0 radical (unpaired) electrons. The summed E-state index contributed by atoms with van der Waals surface area (Å²) in [6.07, 6.45) is -4.28. The van der Waals surface area contributed by atoms with Crippen molar-refractivity contribution in [1.29, 1.82) is 0 Å². The SMILES string of the molecule is Nc1n[nH]c(Cc2ccccc2NC(=O)Nc2ccc(-c3ccccc3)nn2)c1-c1cccc(C(F)(F)F)c1. The minimum absolute atomic E-state index is 0.0741. The largest absolute Gasteiger partial charge is 0.416 e. The lowest BCUT2D eigenvalue weighted by Crippen LogP contribution is -2.21. The number of carbonyl (C=O) groups is 1. The molecule has 0 aliphatic carbocycles. The Morgan fingerprint density at radius 3 is 2.33 bits per heavy atom. The lowest BCUT2D eigenvalue weighted by Gasteiger charge is -2.13. The summed E-state index contributed by atoms with van der Waals surface area (Å²) in [5.74, 6) is 0.336. The molecule has 0 aliphatic rings. The second-order valence-electron chi connectivity index (χ2n) is 8.62. The zero-order chi connectivity index (χ0) is 27.4. The number of amides is 2. The molecule has 196 valence electrons. The summed E-state index contributed by atoms with van der Waals surface area (Å²) >= 11 is 0. The number of carbonyl (C=O) groups excluding carboxylic acids is 1. The van der Waals surface area contributed by atoms with Crippen LogP contribution in [0.2, 0.25) is 0 Å². The van der Waals surface area contributed by atoms with Crippen molar-refractivity contribution < 1.29 is 18.0 Å². The molecule has 11 heteroatoms. The van der Waals surface area contributed by atoms with Crippen molar-refractivity contribution >= 4 is 23.4 Å². The molecular weight excluding hydrogens is 507 g/mol. The average Bonchev–Trinajstić information content (AvgIpc) is 3.30. The Balaban J connectivity index is 1.33. The molecule has 0 bridgehead atoms. The lowest BCUT2D eigenvalue weighted by atomic mass is 9.98. The number of rotatable bonds is 6. The van der Waals surface area contributed by atoms with Gasteiger partial charge in [0, 0.05) is 28.9 Å². The first kappa shape index (κ1) is 25.5. The van der Waals surface area contributed by atoms with Gasteiger partial charge in [-0.25, -0.2) is 4.79 Å². The third-order valence-electron chi connectivity index (χ3n) is 5.96. The number of hydrogen-bond acceptors (Lipinski definition) is 5. The number of nitrogens with zero attached hydrogens (tertiary/aromatic N) is 3. The van der Waals surface area contributed by atoms with Gasteiger partial charge >= 0.3 is 12.2 Å². The summed E-state index contributed by atoms with van der Waals surface area (Å²) in [7, 11) is 0. The van der Waals surface area contributed by atoms with Crippen LogP contribution in [0.15, 0.2) is 91.0 Å². The summed E-state index contributed by atoms with van der Waals surface area (Å²) in [4.78, 5) is 12.7. The molecule has 0 spiro atoms. The minimum Gasteiger partial charge on any atom is -0.382 e. The van der Waals surface area contributed by atoms with E-state index in [-0.39, 0.29) is 23.6 Å². The van der Waals surface area contributed by atoms with E-state index in [0.29, 0.717) is 28.2 Å². The number of anilines is 3. The van der Waals surface area contributed by atoms with Crippen LogP contribution in [0, 0.1) is 0 Å². The molecule has 5 N–H and O–H groups in total. The monoisotopic (exact) mass is 529 g/mol. The van der Waals surface area contributed by atoms with Gasteiger partial charge in [0.25, 0.3) is 0 Å². The van der Waals surface area contributed by atoms with E-state index in [9.17, 15) is 18.0 Å². The average molecular weight is 530 g/mol. The quantitative estimate of drug-likeness (QED) is 0.204. The van der Waals surface area contributed by atoms with Crippen molar-refractivity contribution in [3.05, 3.63) is 108 Å². The Morgan fingerprint density at radius 2 is 1.59 bits per heavy atom. The topological polar surface area (TPSA) is 122 Å². The fourth-order valence-corrected chi connectivity index (χ4v) is 4.11. The van der Waals surface area contributed by atoms with E-state index in [1.165, 1.54) is 6.07 Å². The highest BCUT2D eigenvalue weighted by molar-refractivity contribution is 5.99. The van der Waals surface area contributed by atoms with Gasteiger partial charge in [0.1, 0.15) is 0 Å². The normalized spacial score (nSPS) is 11.3. The van der Waals surface area contributed by atoms with Gasteiger partial charge in [-0.05, 0) is 41.5 Å². The number of nitrogens with one attached hydrogen (secondary N) is 3. The number of nitrogens with two attached hydrogens (primary N) is 1. The first-order chi connectivity index (χ1) is 18.8. The van der Waals surface area contributed by atoms with Gasteiger partial charge < -0.3 is 11.1 Å². The van der Waals surface area contributed by atoms with Gasteiger partial charge in [0.05, 0.1) is 11.3 Å². The van der Waals surface area contributed by atoms with Crippen molar-refractivity contribution in [2.24, 2.45) is 0 Å². The van der Waals surface area contributed by atoms with Crippen LogP contribution >= 0.6 is 0 Å². The predicted molar refractivity (Wildman–Crippen MR) is 143 cm³/mol. The standard InChI is InChI=1S/C28H22F3N7O/c29-28(30,31)20-11-6-10-19(15-20)25-23(36-38-26(25)32)16-18-9-4-5-12-21(18)33-27(39)34-24-14-13-22(35-37-24)17-7-2-1-3-8-17/h1-15H,16H2,(H3,32,36,38)(H2,33,34,37,39). The molecule has 2 amide bonds. The van der Waals surface area contributed by atoms with Gasteiger partial charge in [-0.2, -0.15) is 18.3 Å². The number of nitrogen functional groups attached to an aromatic ring is 1. The number of alkyl halides is 3. The third-order valence-corrected chi connectivity index (χ3v) is 5.96. The molecule has 8 nitrogen and oxygen atoms in total. The van der Waals surface area contributed by atoms with Crippen LogP contribution in [0.5, 0.6) is 0 Å². The molecule has 5 rings (SSSR count). The maximum Gasteiger partial charge on any atom is 0.416 e. The summed E-state index contributed by atoms with van der Waals surface area (Å²) in [6, 6.07) is 24.3. The van der Waals surface area contributed by atoms with E-state index >= 15 is 0 Å². The van der Waals surface area contributed by atoms with E-state index < -0.39 is 17.8 Å². The van der Waals surface area contributed by atoms with Crippen molar-refractivity contribution in [3.63, 3.8) is 0 Å². The third kappa shape index (κ3) is 5.87. The van der Waals surface area contributed by atoms with Gasteiger partial charge in [-0.3, -0.25) is 10.4 Å². The Morgan fingerprint density at radius 1 is 0.846 bits per heavy atom. The first-order valence-electron chi connectivity index (χ1n) is 11.8. The fourth-order valence-electron chi connectivity index (χ4n) is 4.11. The van der Waals surface area contributed by atoms with Crippen LogP contribution in [0.3, 0.4) is 0 Å². The molecule has 2 aromatic heterocycles. The van der Waals surface area contributed by atoms with Crippen LogP contribution in [-0.2, 0) is 12.6 Å². The first-order valence-corrected chi connectivity index (χ1v) is 11.8. The molecule has 0 fully saturated rings. The number of para-hydroxylation sites is 1. The van der Waals surface area contributed by atoms with Gasteiger partial charge in [0.15, 0.2) is 11.6 Å². The smallest absolute Gasteiger partial charge is 0.382 e. The summed E-state index contributed by atoms with van der Waals surface area (Å²) in [5, 5.41) is 20.5. The fraction of sp³-hybridized carbons (Fsp3) is 0.0714. The molecule has 5 aromatic rings. The number of aromatic amines is 1. The Kier molecular flexibility index (Phi) is 6.96. The van der Waals surface area contributed by atoms with Crippen molar-refractivity contribution in [2.75, 3.05) is 16.4 Å². The summed E-state index contributed by atoms with van der Waals surface area (Å²) < 4.78 is 39.8. The predicted octanol–water partition coefficient (Wildman–Crippen LogP) is 6.37. The molecule has 3 aromatic carbocycles. The van der Waals surface area contributed by atoms with Gasteiger partial charge in [-0.15, -0.1) is 10.2 Å².